The molecule has 0 aromatic carbocycles. The second kappa shape index (κ2) is 3.99. The van der Waals surface area contributed by atoms with Gasteiger partial charge in [0.2, 0.25) is 0 Å². The van der Waals surface area contributed by atoms with Crippen LogP contribution in [0.15, 0.2) is 0 Å². The van der Waals surface area contributed by atoms with Crippen molar-refractivity contribution in [1.29, 1.82) is 0 Å². The number of rotatable bonds is 2. The lowest BCUT2D eigenvalue weighted by molar-refractivity contribution is -0.242. The first-order valence-electron chi connectivity index (χ1n) is 5.32. The number of nitrogens with zero attached hydrogens (tertiary/aromatic N) is 1. The van der Waals surface area contributed by atoms with E-state index in [1.807, 2.05) is 12.0 Å². The van der Waals surface area contributed by atoms with Gasteiger partial charge in [-0.05, 0) is 20.3 Å². The molecule has 0 N–H and O–H groups in total. The number of hydroxylamine groups is 2. The number of ketones is 1. The van der Waals surface area contributed by atoms with Gasteiger partial charge in [0.15, 0.2) is 0 Å². The van der Waals surface area contributed by atoms with Crippen LogP contribution in [0.1, 0.15) is 40.5 Å². The van der Waals surface area contributed by atoms with Gasteiger partial charge in [0.25, 0.3) is 0 Å². The number of hydrogen-bond donors (Lipinski definition) is 0. The Morgan fingerprint density at radius 1 is 1.57 bits per heavy atom. The highest BCUT2D eigenvalue weighted by atomic mass is 16.7. The van der Waals surface area contributed by atoms with E-state index in [1.165, 1.54) is 0 Å². The van der Waals surface area contributed by atoms with Gasteiger partial charge in [0, 0.05) is 18.4 Å². The van der Waals surface area contributed by atoms with E-state index in [0.717, 1.165) is 6.42 Å². The molecule has 1 fully saturated rings. The second-order valence-corrected chi connectivity index (χ2v) is 4.53. The number of Topliss-reactive ketones (excluding diaryl/α,β-unsaturated/α-hetero) is 1. The lowest BCUT2D eigenvalue weighted by atomic mass is 9.79. The molecule has 3 atom stereocenters. The van der Waals surface area contributed by atoms with E-state index in [1.54, 1.807) is 7.11 Å². The molecule has 0 aromatic heterocycles. The van der Waals surface area contributed by atoms with Crippen molar-refractivity contribution in [2.45, 2.75) is 52.1 Å². The Bertz CT molecular complexity index is 229. The molecule has 0 aliphatic carbocycles. The second-order valence-electron chi connectivity index (χ2n) is 4.53. The smallest absolute Gasteiger partial charge is 0.139 e. The number of carbonyl (C=O) groups is 1. The molecule has 3 heteroatoms. The fourth-order valence-corrected chi connectivity index (χ4v) is 2.25. The Hall–Kier alpha value is -0.410. The highest BCUT2D eigenvalue weighted by Crippen LogP contribution is 2.35. The third-order valence-corrected chi connectivity index (χ3v) is 3.65. The average molecular weight is 199 g/mol. The minimum atomic E-state index is -0.127. The van der Waals surface area contributed by atoms with Gasteiger partial charge in [-0.3, -0.25) is 4.79 Å². The van der Waals surface area contributed by atoms with Crippen LogP contribution in [0.4, 0.5) is 0 Å². The van der Waals surface area contributed by atoms with Crippen LogP contribution in [0, 0.1) is 5.92 Å². The Kier molecular flexibility index (Phi) is 3.32. The van der Waals surface area contributed by atoms with Crippen molar-refractivity contribution < 1.29 is 9.63 Å². The molecule has 1 aliphatic rings. The van der Waals surface area contributed by atoms with Gasteiger partial charge in [0.1, 0.15) is 5.78 Å². The summed E-state index contributed by atoms with van der Waals surface area (Å²) in [6.45, 7) is 8.23. The maximum absolute atomic E-state index is 11.8. The molecule has 0 bridgehead atoms. The zero-order valence-corrected chi connectivity index (χ0v) is 9.83. The molecule has 82 valence electrons. The monoisotopic (exact) mass is 199 g/mol. The predicted octanol–water partition coefficient (Wildman–Crippen LogP) is 2.02. The van der Waals surface area contributed by atoms with Crippen LogP contribution in [0.3, 0.4) is 0 Å². The van der Waals surface area contributed by atoms with Crippen molar-refractivity contribution in [3.8, 4) is 0 Å². The maximum Gasteiger partial charge on any atom is 0.139 e. The zero-order chi connectivity index (χ0) is 10.9. The Morgan fingerprint density at radius 2 is 2.14 bits per heavy atom. The summed E-state index contributed by atoms with van der Waals surface area (Å²) < 4.78 is 0. The molecule has 0 radical (unpaired) electrons. The first-order valence-corrected chi connectivity index (χ1v) is 5.32. The highest BCUT2D eigenvalue weighted by molar-refractivity contribution is 5.83. The van der Waals surface area contributed by atoms with E-state index in [-0.39, 0.29) is 17.5 Å². The Balaban J connectivity index is 2.93. The van der Waals surface area contributed by atoms with Crippen LogP contribution in [0.5, 0.6) is 0 Å². The van der Waals surface area contributed by atoms with Crippen LogP contribution < -0.4 is 0 Å². The Morgan fingerprint density at radius 3 is 2.57 bits per heavy atom. The summed E-state index contributed by atoms with van der Waals surface area (Å²) in [5.41, 5.74) is -0.127. The SMILES string of the molecule is CCC1(C)CC(=O)C(C)C(C)N1OC. The van der Waals surface area contributed by atoms with E-state index >= 15 is 0 Å². The quantitative estimate of drug-likeness (QED) is 0.681. The average Bonchev–Trinajstić information content (AvgIpc) is 2.15. The van der Waals surface area contributed by atoms with Crippen LogP contribution in [0.2, 0.25) is 0 Å². The van der Waals surface area contributed by atoms with Crippen LogP contribution in [-0.4, -0.2) is 29.5 Å². The standard InChI is InChI=1S/C11H21NO2/c1-6-11(4)7-10(13)8(2)9(3)12(11)14-5/h8-9H,6-7H2,1-5H3. The molecule has 0 saturated carbocycles. The van der Waals surface area contributed by atoms with Gasteiger partial charge in [-0.25, -0.2) is 0 Å². The van der Waals surface area contributed by atoms with E-state index in [4.69, 9.17) is 4.84 Å². The van der Waals surface area contributed by atoms with Crippen molar-refractivity contribution in [1.82, 2.24) is 5.06 Å². The fourth-order valence-electron chi connectivity index (χ4n) is 2.25. The molecule has 14 heavy (non-hydrogen) atoms. The minimum Gasteiger partial charge on any atom is -0.301 e. The van der Waals surface area contributed by atoms with E-state index < -0.39 is 0 Å². The number of piperidine rings is 1. The van der Waals surface area contributed by atoms with Crippen molar-refractivity contribution in [3.05, 3.63) is 0 Å². The lowest BCUT2D eigenvalue weighted by Crippen LogP contribution is -2.58. The summed E-state index contributed by atoms with van der Waals surface area (Å²) in [6.07, 6.45) is 1.53. The van der Waals surface area contributed by atoms with Gasteiger partial charge >= 0.3 is 0 Å². The summed E-state index contributed by atoms with van der Waals surface area (Å²) in [6, 6.07) is 0.172. The lowest BCUT2D eigenvalue weighted by Gasteiger charge is -2.48. The molecule has 3 unspecified atom stereocenters. The predicted molar refractivity (Wildman–Crippen MR) is 55.8 cm³/mol. The molecular weight excluding hydrogens is 178 g/mol. The van der Waals surface area contributed by atoms with E-state index in [9.17, 15) is 4.79 Å². The molecule has 0 spiro atoms. The highest BCUT2D eigenvalue weighted by Gasteiger charge is 2.44. The fraction of sp³-hybridized carbons (Fsp3) is 0.909. The topological polar surface area (TPSA) is 29.5 Å². The zero-order valence-electron chi connectivity index (χ0n) is 9.83. The van der Waals surface area contributed by atoms with Gasteiger partial charge in [0.05, 0.1) is 12.6 Å². The normalized spacial score (nSPS) is 40.2. The first-order chi connectivity index (χ1) is 6.46. The molecule has 1 aliphatic heterocycles. The molecule has 1 rings (SSSR count). The van der Waals surface area contributed by atoms with Crippen molar-refractivity contribution in [2.24, 2.45) is 5.92 Å². The van der Waals surface area contributed by atoms with Gasteiger partial charge in [-0.1, -0.05) is 13.8 Å². The third-order valence-electron chi connectivity index (χ3n) is 3.65. The summed E-state index contributed by atoms with van der Waals surface area (Å²) in [4.78, 5) is 17.2. The number of hydrogen-bond acceptors (Lipinski definition) is 3. The van der Waals surface area contributed by atoms with Crippen LogP contribution >= 0.6 is 0 Å². The van der Waals surface area contributed by atoms with Crippen molar-refractivity contribution in [3.63, 3.8) is 0 Å². The molecule has 3 nitrogen and oxygen atoms in total. The largest absolute Gasteiger partial charge is 0.301 e. The summed E-state index contributed by atoms with van der Waals surface area (Å²) in [5, 5.41) is 1.99. The third kappa shape index (κ3) is 1.71. The maximum atomic E-state index is 11.8. The Labute approximate surface area is 86.4 Å². The number of carbonyl (C=O) groups excluding carboxylic acids is 1. The van der Waals surface area contributed by atoms with Crippen molar-refractivity contribution >= 4 is 5.78 Å². The summed E-state index contributed by atoms with van der Waals surface area (Å²) in [5.74, 6) is 0.435. The molecule has 1 saturated heterocycles. The van der Waals surface area contributed by atoms with E-state index in [2.05, 4.69) is 20.8 Å². The van der Waals surface area contributed by atoms with E-state index in [0.29, 0.717) is 12.2 Å². The summed E-state index contributed by atoms with van der Waals surface area (Å²) in [7, 11) is 1.69. The van der Waals surface area contributed by atoms with Crippen molar-refractivity contribution in [2.75, 3.05) is 7.11 Å². The van der Waals surface area contributed by atoms with Gasteiger partial charge < -0.3 is 4.84 Å². The van der Waals surface area contributed by atoms with Crippen LogP contribution in [-0.2, 0) is 9.63 Å². The molecule has 0 amide bonds. The first kappa shape index (κ1) is 11.7. The van der Waals surface area contributed by atoms with Gasteiger partial charge in [-0.15, -0.1) is 0 Å². The molecule has 1 heterocycles. The van der Waals surface area contributed by atoms with Gasteiger partial charge in [-0.2, -0.15) is 5.06 Å². The van der Waals surface area contributed by atoms with Crippen LogP contribution in [0.25, 0.3) is 0 Å². The summed E-state index contributed by atoms with van der Waals surface area (Å²) >= 11 is 0. The minimum absolute atomic E-state index is 0.0783. The molecular formula is C11H21NO2. The molecule has 0 aromatic rings.